The zero-order valence-electron chi connectivity index (χ0n) is 10.2. The van der Waals surface area contributed by atoms with Crippen LogP contribution in [0.4, 0.5) is 4.39 Å². The quantitative estimate of drug-likeness (QED) is 0.815. The maximum atomic E-state index is 12.9. The first-order valence-corrected chi connectivity index (χ1v) is 5.66. The highest BCUT2D eigenvalue weighted by Crippen LogP contribution is 2.51. The molecule has 2 N–H and O–H groups in total. The number of benzene rings is 1. The van der Waals surface area contributed by atoms with Crippen LogP contribution in [0.2, 0.25) is 0 Å². The Balaban J connectivity index is 2.22. The van der Waals surface area contributed by atoms with Gasteiger partial charge in [0, 0.05) is 39.0 Å². The molecule has 4 heteroatoms. The molecule has 0 radical (unpaired) electrons. The van der Waals surface area contributed by atoms with E-state index in [1.165, 1.54) is 12.1 Å². The lowest BCUT2D eigenvalue weighted by Gasteiger charge is -2.54. The molecule has 2 rings (SSSR count). The smallest absolute Gasteiger partial charge is 0.169 e. The van der Waals surface area contributed by atoms with E-state index in [1.54, 1.807) is 26.4 Å². The molecule has 0 bridgehead atoms. The Bertz CT molecular complexity index is 379. The topological polar surface area (TPSA) is 44.5 Å². The number of hydrogen-bond acceptors (Lipinski definition) is 3. The van der Waals surface area contributed by atoms with Gasteiger partial charge in [-0.05, 0) is 17.7 Å². The summed E-state index contributed by atoms with van der Waals surface area (Å²) >= 11 is 0. The zero-order chi connectivity index (χ0) is 12.5. The lowest BCUT2D eigenvalue weighted by molar-refractivity contribution is -0.277. The molecule has 0 spiro atoms. The number of halogens is 1. The molecule has 0 amide bonds. The molecule has 0 aliphatic heterocycles. The second-order valence-corrected chi connectivity index (χ2v) is 4.66. The van der Waals surface area contributed by atoms with E-state index in [0.717, 1.165) is 5.56 Å². The minimum absolute atomic E-state index is 0.153. The van der Waals surface area contributed by atoms with Crippen molar-refractivity contribution in [1.82, 2.24) is 0 Å². The number of nitrogens with two attached hydrogens (primary N) is 1. The minimum Gasteiger partial charge on any atom is -0.353 e. The van der Waals surface area contributed by atoms with E-state index in [9.17, 15) is 4.39 Å². The molecule has 17 heavy (non-hydrogen) atoms. The van der Waals surface area contributed by atoms with Crippen molar-refractivity contribution in [3.8, 4) is 0 Å². The van der Waals surface area contributed by atoms with Crippen LogP contribution in [0, 0.1) is 5.82 Å². The fourth-order valence-electron chi connectivity index (χ4n) is 2.62. The first kappa shape index (κ1) is 12.5. The van der Waals surface area contributed by atoms with Crippen molar-refractivity contribution >= 4 is 0 Å². The zero-order valence-corrected chi connectivity index (χ0v) is 10.2. The van der Waals surface area contributed by atoms with Crippen LogP contribution in [0.3, 0.4) is 0 Å². The van der Waals surface area contributed by atoms with Crippen molar-refractivity contribution in [3.05, 3.63) is 35.6 Å². The first-order valence-electron chi connectivity index (χ1n) is 5.66. The van der Waals surface area contributed by atoms with Gasteiger partial charge in [0.15, 0.2) is 5.79 Å². The number of ether oxygens (including phenoxy) is 2. The third kappa shape index (κ3) is 1.97. The molecule has 0 aromatic heterocycles. The molecule has 1 aromatic carbocycles. The Kier molecular flexibility index (Phi) is 3.21. The Morgan fingerprint density at radius 1 is 1.18 bits per heavy atom. The van der Waals surface area contributed by atoms with Gasteiger partial charge in [-0.1, -0.05) is 12.1 Å². The van der Waals surface area contributed by atoms with Crippen molar-refractivity contribution in [3.63, 3.8) is 0 Å². The summed E-state index contributed by atoms with van der Waals surface area (Å²) in [5.74, 6) is -0.765. The number of hydrogen-bond donors (Lipinski definition) is 1. The van der Waals surface area contributed by atoms with Gasteiger partial charge in [-0.25, -0.2) is 4.39 Å². The number of rotatable bonds is 4. The first-order chi connectivity index (χ1) is 8.10. The van der Waals surface area contributed by atoms with Crippen LogP contribution in [-0.4, -0.2) is 26.6 Å². The molecule has 94 valence electrons. The summed E-state index contributed by atoms with van der Waals surface area (Å²) in [5, 5.41) is 0. The Morgan fingerprint density at radius 2 is 1.71 bits per heavy atom. The van der Waals surface area contributed by atoms with E-state index in [0.29, 0.717) is 19.4 Å². The summed E-state index contributed by atoms with van der Waals surface area (Å²) in [6, 6.07) is 6.51. The highest BCUT2D eigenvalue weighted by Gasteiger charge is 2.55. The van der Waals surface area contributed by atoms with E-state index in [-0.39, 0.29) is 11.2 Å². The molecule has 1 saturated carbocycles. The van der Waals surface area contributed by atoms with E-state index >= 15 is 0 Å². The summed E-state index contributed by atoms with van der Waals surface area (Å²) in [6.45, 7) is 0.507. The molecule has 1 aliphatic rings. The van der Waals surface area contributed by atoms with Crippen LogP contribution in [-0.2, 0) is 14.9 Å². The van der Waals surface area contributed by atoms with Gasteiger partial charge < -0.3 is 15.2 Å². The Morgan fingerprint density at radius 3 is 2.12 bits per heavy atom. The monoisotopic (exact) mass is 239 g/mol. The second kappa shape index (κ2) is 4.37. The third-order valence-corrected chi connectivity index (χ3v) is 3.81. The van der Waals surface area contributed by atoms with Gasteiger partial charge >= 0.3 is 0 Å². The van der Waals surface area contributed by atoms with E-state index in [1.807, 2.05) is 0 Å². The molecule has 1 aliphatic carbocycles. The van der Waals surface area contributed by atoms with Gasteiger partial charge in [0.05, 0.1) is 0 Å². The van der Waals surface area contributed by atoms with Crippen LogP contribution < -0.4 is 5.73 Å². The van der Waals surface area contributed by atoms with Gasteiger partial charge in [-0.15, -0.1) is 0 Å². The Labute approximate surface area is 101 Å². The maximum Gasteiger partial charge on any atom is 0.169 e. The van der Waals surface area contributed by atoms with Gasteiger partial charge in [-0.3, -0.25) is 0 Å². The second-order valence-electron chi connectivity index (χ2n) is 4.66. The van der Waals surface area contributed by atoms with Crippen LogP contribution in [0.1, 0.15) is 18.4 Å². The fourth-order valence-corrected chi connectivity index (χ4v) is 2.62. The normalized spacial score (nSPS) is 20.9. The number of methoxy groups -OCH3 is 2. The van der Waals surface area contributed by atoms with E-state index < -0.39 is 5.79 Å². The van der Waals surface area contributed by atoms with E-state index in [4.69, 9.17) is 15.2 Å². The largest absolute Gasteiger partial charge is 0.353 e. The van der Waals surface area contributed by atoms with Crippen molar-refractivity contribution < 1.29 is 13.9 Å². The van der Waals surface area contributed by atoms with Gasteiger partial charge in [0.1, 0.15) is 5.82 Å². The predicted octanol–water partition coefficient (Wildman–Crippen LogP) is 1.81. The molecule has 0 saturated heterocycles. The summed E-state index contributed by atoms with van der Waals surface area (Å²) < 4.78 is 23.7. The average Bonchev–Trinajstić information content (AvgIpc) is 2.32. The minimum atomic E-state index is -0.534. The molecule has 0 heterocycles. The van der Waals surface area contributed by atoms with Gasteiger partial charge in [0.25, 0.3) is 0 Å². The SMILES string of the molecule is COC1(OC)CC(CN)(c2ccc(F)cc2)C1. The molecule has 1 aromatic rings. The predicted molar refractivity (Wildman–Crippen MR) is 63.1 cm³/mol. The van der Waals surface area contributed by atoms with Crippen molar-refractivity contribution in [1.29, 1.82) is 0 Å². The molecule has 1 fully saturated rings. The highest BCUT2D eigenvalue weighted by molar-refractivity contribution is 5.31. The van der Waals surface area contributed by atoms with Crippen molar-refractivity contribution in [2.24, 2.45) is 5.73 Å². The average molecular weight is 239 g/mol. The molecular formula is C13H18FNO2. The van der Waals surface area contributed by atoms with Gasteiger partial charge in [0.2, 0.25) is 0 Å². The van der Waals surface area contributed by atoms with Crippen LogP contribution in [0.5, 0.6) is 0 Å². The molecule has 3 nitrogen and oxygen atoms in total. The van der Waals surface area contributed by atoms with Crippen LogP contribution in [0.25, 0.3) is 0 Å². The maximum absolute atomic E-state index is 12.9. The van der Waals surface area contributed by atoms with Crippen molar-refractivity contribution in [2.45, 2.75) is 24.0 Å². The lowest BCUT2D eigenvalue weighted by Crippen LogP contribution is -2.60. The Hall–Kier alpha value is -0.970. The molecule has 0 atom stereocenters. The van der Waals surface area contributed by atoms with E-state index in [2.05, 4.69) is 0 Å². The standard InChI is InChI=1S/C13H18FNO2/c1-16-13(17-2)7-12(8-13,9-15)10-3-5-11(14)6-4-10/h3-6H,7-9,15H2,1-2H3. The van der Waals surface area contributed by atoms with Gasteiger partial charge in [-0.2, -0.15) is 0 Å². The molecular weight excluding hydrogens is 221 g/mol. The lowest BCUT2D eigenvalue weighted by atomic mass is 9.60. The summed E-state index contributed by atoms with van der Waals surface area (Å²) in [4.78, 5) is 0. The van der Waals surface area contributed by atoms with Crippen LogP contribution in [0.15, 0.2) is 24.3 Å². The molecule has 0 unspecified atom stereocenters. The fraction of sp³-hybridized carbons (Fsp3) is 0.538. The van der Waals surface area contributed by atoms with Crippen LogP contribution >= 0.6 is 0 Å². The summed E-state index contributed by atoms with van der Waals surface area (Å²) in [7, 11) is 3.27. The highest BCUT2D eigenvalue weighted by atomic mass is 19.1. The summed E-state index contributed by atoms with van der Waals surface area (Å²) in [5.41, 5.74) is 6.76. The summed E-state index contributed by atoms with van der Waals surface area (Å²) in [6.07, 6.45) is 1.41. The third-order valence-electron chi connectivity index (χ3n) is 3.81. The van der Waals surface area contributed by atoms with Crippen molar-refractivity contribution in [2.75, 3.05) is 20.8 Å².